The Morgan fingerprint density at radius 2 is 2.19 bits per heavy atom. The highest BCUT2D eigenvalue weighted by Gasteiger charge is 2.20. The number of hydrogen-bond acceptors (Lipinski definition) is 6. The zero-order chi connectivity index (χ0) is 14.8. The fourth-order valence-corrected chi connectivity index (χ4v) is 2.75. The topological polar surface area (TPSA) is 81.1 Å². The number of nitrogens with two attached hydrogens (primary N) is 1. The molecule has 1 saturated heterocycles. The highest BCUT2D eigenvalue weighted by atomic mass is 35.5. The number of piperidine rings is 1. The SMILES string of the molecule is CN1CCC(Cc2nc(-c3cc(Cl)ncc3N)no2)CC1. The Labute approximate surface area is 128 Å². The van der Waals surface area contributed by atoms with Gasteiger partial charge in [-0.15, -0.1) is 0 Å². The van der Waals surface area contributed by atoms with Crippen molar-refractivity contribution < 1.29 is 4.52 Å². The van der Waals surface area contributed by atoms with E-state index >= 15 is 0 Å². The van der Waals surface area contributed by atoms with Crippen molar-refractivity contribution in [3.05, 3.63) is 23.3 Å². The van der Waals surface area contributed by atoms with E-state index in [0.717, 1.165) is 32.4 Å². The summed E-state index contributed by atoms with van der Waals surface area (Å²) in [7, 11) is 2.15. The van der Waals surface area contributed by atoms with Gasteiger partial charge >= 0.3 is 0 Å². The summed E-state index contributed by atoms with van der Waals surface area (Å²) in [5.41, 5.74) is 7.03. The second-order valence-electron chi connectivity index (χ2n) is 5.56. The molecule has 1 aliphatic heterocycles. The Hall–Kier alpha value is -1.66. The summed E-state index contributed by atoms with van der Waals surface area (Å²) in [4.78, 5) is 10.7. The van der Waals surface area contributed by atoms with Crippen LogP contribution in [0, 0.1) is 5.92 Å². The highest BCUT2D eigenvalue weighted by Crippen LogP contribution is 2.26. The predicted octanol–water partition coefficient (Wildman–Crippen LogP) is 2.25. The van der Waals surface area contributed by atoms with Crippen molar-refractivity contribution in [3.8, 4) is 11.4 Å². The molecule has 0 spiro atoms. The van der Waals surface area contributed by atoms with Crippen LogP contribution in [0.15, 0.2) is 16.8 Å². The van der Waals surface area contributed by atoms with Gasteiger partial charge in [0, 0.05) is 6.42 Å². The quantitative estimate of drug-likeness (QED) is 0.876. The molecule has 2 aromatic heterocycles. The van der Waals surface area contributed by atoms with Crippen LogP contribution in [-0.4, -0.2) is 40.2 Å². The number of nitrogen functional groups attached to an aromatic ring is 1. The van der Waals surface area contributed by atoms with E-state index in [1.54, 1.807) is 6.07 Å². The molecule has 3 heterocycles. The lowest BCUT2D eigenvalue weighted by molar-refractivity contribution is 0.208. The second kappa shape index (κ2) is 5.99. The molecule has 0 aliphatic carbocycles. The molecule has 0 bridgehead atoms. The molecule has 2 aromatic rings. The predicted molar refractivity (Wildman–Crippen MR) is 80.9 cm³/mol. The molecule has 7 heteroatoms. The van der Waals surface area contributed by atoms with Gasteiger partial charge in [-0.2, -0.15) is 4.98 Å². The third-order valence-corrected chi connectivity index (χ3v) is 4.12. The number of nitrogens with zero attached hydrogens (tertiary/aromatic N) is 4. The molecule has 6 nitrogen and oxygen atoms in total. The molecule has 0 amide bonds. The van der Waals surface area contributed by atoms with Gasteiger partial charge in [0.1, 0.15) is 5.15 Å². The third-order valence-electron chi connectivity index (χ3n) is 3.91. The largest absolute Gasteiger partial charge is 0.397 e. The van der Waals surface area contributed by atoms with Crippen molar-refractivity contribution in [1.82, 2.24) is 20.0 Å². The van der Waals surface area contributed by atoms with E-state index in [4.69, 9.17) is 21.9 Å². The lowest BCUT2D eigenvalue weighted by Gasteiger charge is -2.27. The van der Waals surface area contributed by atoms with Crippen LogP contribution in [0.1, 0.15) is 18.7 Å². The maximum Gasteiger partial charge on any atom is 0.227 e. The average molecular weight is 308 g/mol. The zero-order valence-corrected chi connectivity index (χ0v) is 12.7. The van der Waals surface area contributed by atoms with E-state index in [2.05, 4.69) is 27.1 Å². The summed E-state index contributed by atoms with van der Waals surface area (Å²) in [6.07, 6.45) is 4.65. The minimum absolute atomic E-state index is 0.362. The van der Waals surface area contributed by atoms with Crippen molar-refractivity contribution in [1.29, 1.82) is 0 Å². The number of rotatable bonds is 3. The maximum atomic E-state index is 5.89. The first-order chi connectivity index (χ1) is 10.1. The normalized spacial score (nSPS) is 17.2. The molecule has 21 heavy (non-hydrogen) atoms. The van der Waals surface area contributed by atoms with Gasteiger partial charge in [-0.3, -0.25) is 0 Å². The van der Waals surface area contributed by atoms with Gasteiger partial charge in [-0.05, 0) is 45.0 Å². The molecule has 0 radical (unpaired) electrons. The Morgan fingerprint density at radius 3 is 2.95 bits per heavy atom. The average Bonchev–Trinajstić information content (AvgIpc) is 2.92. The van der Waals surface area contributed by atoms with Crippen molar-refractivity contribution in [2.24, 2.45) is 5.92 Å². The Morgan fingerprint density at radius 1 is 1.43 bits per heavy atom. The third kappa shape index (κ3) is 3.33. The Kier molecular flexibility index (Phi) is 4.07. The van der Waals surface area contributed by atoms with E-state index < -0.39 is 0 Å². The molecule has 0 saturated carbocycles. The van der Waals surface area contributed by atoms with Crippen LogP contribution in [0.25, 0.3) is 11.4 Å². The first-order valence-corrected chi connectivity index (χ1v) is 7.42. The Bertz CT molecular complexity index is 622. The van der Waals surface area contributed by atoms with E-state index in [1.165, 1.54) is 6.20 Å². The first kappa shape index (κ1) is 14.3. The summed E-state index contributed by atoms with van der Waals surface area (Å²) in [6.45, 7) is 2.25. The molecule has 1 fully saturated rings. The molecule has 2 N–H and O–H groups in total. The van der Waals surface area contributed by atoms with E-state index in [0.29, 0.717) is 34.0 Å². The fraction of sp³-hybridized carbons (Fsp3) is 0.500. The van der Waals surface area contributed by atoms with E-state index in [1.807, 2.05) is 0 Å². The summed E-state index contributed by atoms with van der Waals surface area (Å²) >= 11 is 5.89. The van der Waals surface area contributed by atoms with Gasteiger partial charge in [0.25, 0.3) is 0 Å². The highest BCUT2D eigenvalue weighted by molar-refractivity contribution is 6.29. The number of halogens is 1. The maximum absolute atomic E-state index is 5.89. The van der Waals surface area contributed by atoms with Gasteiger partial charge in [-0.25, -0.2) is 4.98 Å². The summed E-state index contributed by atoms with van der Waals surface area (Å²) < 4.78 is 5.35. The van der Waals surface area contributed by atoms with Gasteiger partial charge in [0.15, 0.2) is 0 Å². The summed E-state index contributed by atoms with van der Waals surface area (Å²) in [5.74, 6) is 1.74. The second-order valence-corrected chi connectivity index (χ2v) is 5.94. The van der Waals surface area contributed by atoms with Crippen molar-refractivity contribution >= 4 is 17.3 Å². The van der Waals surface area contributed by atoms with Crippen LogP contribution in [0.5, 0.6) is 0 Å². The Balaban J connectivity index is 1.73. The molecule has 1 aliphatic rings. The molecular formula is C14H18ClN5O. The number of hydrogen-bond donors (Lipinski definition) is 1. The minimum Gasteiger partial charge on any atom is -0.397 e. The van der Waals surface area contributed by atoms with Gasteiger partial charge in [-0.1, -0.05) is 16.8 Å². The van der Waals surface area contributed by atoms with Crippen LogP contribution >= 0.6 is 11.6 Å². The number of aromatic nitrogens is 3. The van der Waals surface area contributed by atoms with Crippen molar-refractivity contribution in [2.45, 2.75) is 19.3 Å². The van der Waals surface area contributed by atoms with E-state index in [-0.39, 0.29) is 0 Å². The number of anilines is 1. The molecular weight excluding hydrogens is 290 g/mol. The van der Waals surface area contributed by atoms with Gasteiger partial charge in [0.05, 0.1) is 17.4 Å². The standard InChI is InChI=1S/C14H18ClN5O/c1-20-4-2-9(3-5-20)6-13-18-14(19-21-13)10-7-12(15)17-8-11(10)16/h7-9H,2-6,16H2,1H3. The molecule has 0 atom stereocenters. The first-order valence-electron chi connectivity index (χ1n) is 7.04. The van der Waals surface area contributed by atoms with Gasteiger partial charge < -0.3 is 15.2 Å². The van der Waals surface area contributed by atoms with Crippen LogP contribution in [0.4, 0.5) is 5.69 Å². The van der Waals surface area contributed by atoms with Crippen LogP contribution in [0.3, 0.4) is 0 Å². The minimum atomic E-state index is 0.362. The lowest BCUT2D eigenvalue weighted by Crippen LogP contribution is -2.30. The summed E-state index contributed by atoms with van der Waals surface area (Å²) in [6, 6.07) is 1.65. The van der Waals surface area contributed by atoms with Crippen molar-refractivity contribution in [3.63, 3.8) is 0 Å². The monoisotopic (exact) mass is 307 g/mol. The van der Waals surface area contributed by atoms with Crippen LogP contribution in [-0.2, 0) is 6.42 Å². The lowest BCUT2D eigenvalue weighted by atomic mass is 9.94. The molecule has 0 aromatic carbocycles. The zero-order valence-electron chi connectivity index (χ0n) is 11.9. The molecule has 3 rings (SSSR count). The fourth-order valence-electron chi connectivity index (χ4n) is 2.59. The number of pyridine rings is 1. The smallest absolute Gasteiger partial charge is 0.227 e. The number of likely N-dealkylation sites (tertiary alicyclic amines) is 1. The van der Waals surface area contributed by atoms with Crippen molar-refractivity contribution in [2.75, 3.05) is 25.9 Å². The van der Waals surface area contributed by atoms with Gasteiger partial charge in [0.2, 0.25) is 11.7 Å². The van der Waals surface area contributed by atoms with Crippen LogP contribution < -0.4 is 5.73 Å². The van der Waals surface area contributed by atoms with E-state index in [9.17, 15) is 0 Å². The summed E-state index contributed by atoms with van der Waals surface area (Å²) in [5, 5.41) is 4.37. The molecule has 112 valence electrons. The molecule has 0 unspecified atom stereocenters. The van der Waals surface area contributed by atoms with Crippen LogP contribution in [0.2, 0.25) is 5.15 Å².